The lowest BCUT2D eigenvalue weighted by atomic mass is 9.96. The molecule has 21 heavy (non-hydrogen) atoms. The normalized spacial score (nSPS) is 15.2. The van der Waals surface area contributed by atoms with Gasteiger partial charge in [0.2, 0.25) is 5.91 Å². The molecule has 0 radical (unpaired) electrons. The molecule has 1 aromatic heterocycles. The molecule has 4 nitrogen and oxygen atoms in total. The Balaban J connectivity index is 1.67. The lowest BCUT2D eigenvalue weighted by Gasteiger charge is -2.19. The van der Waals surface area contributed by atoms with Crippen LogP contribution in [0.25, 0.3) is 0 Å². The van der Waals surface area contributed by atoms with Crippen molar-refractivity contribution < 1.29 is 9.90 Å². The molecule has 4 heteroatoms. The standard InChI is InChI=1S/C17H18N2O2/c20-16(7-3-12-2-1-9-18-11-12)14-4-6-15-13(10-14)5-8-17(21)19-15/h1-2,4,6,9-11,16,20H,3,5,7-8H2,(H,19,21). The summed E-state index contributed by atoms with van der Waals surface area (Å²) in [6, 6.07) is 9.70. The number of benzene rings is 1. The zero-order valence-electron chi connectivity index (χ0n) is 11.7. The molecule has 1 amide bonds. The molecule has 2 heterocycles. The molecule has 108 valence electrons. The highest BCUT2D eigenvalue weighted by molar-refractivity contribution is 5.93. The highest BCUT2D eigenvalue weighted by Gasteiger charge is 2.16. The van der Waals surface area contributed by atoms with E-state index in [4.69, 9.17) is 0 Å². The molecule has 0 spiro atoms. The van der Waals surface area contributed by atoms with Gasteiger partial charge in [0.05, 0.1) is 6.10 Å². The van der Waals surface area contributed by atoms with Crippen LogP contribution in [0.4, 0.5) is 5.69 Å². The van der Waals surface area contributed by atoms with Crippen LogP contribution in [0, 0.1) is 0 Å². The number of aliphatic hydroxyl groups is 1. The minimum absolute atomic E-state index is 0.0624. The molecule has 1 aromatic carbocycles. The third kappa shape index (κ3) is 3.28. The van der Waals surface area contributed by atoms with Crippen LogP contribution in [0.2, 0.25) is 0 Å². The number of carbonyl (C=O) groups is 1. The van der Waals surface area contributed by atoms with Gasteiger partial charge in [-0.25, -0.2) is 0 Å². The summed E-state index contributed by atoms with van der Waals surface area (Å²) in [5.74, 6) is 0.0624. The van der Waals surface area contributed by atoms with Gasteiger partial charge in [0, 0.05) is 24.5 Å². The number of pyridine rings is 1. The number of aromatic nitrogens is 1. The largest absolute Gasteiger partial charge is 0.388 e. The van der Waals surface area contributed by atoms with Gasteiger partial charge in [0.1, 0.15) is 0 Å². The number of aliphatic hydroxyl groups excluding tert-OH is 1. The Bertz CT molecular complexity index is 640. The summed E-state index contributed by atoms with van der Waals surface area (Å²) in [6.07, 6.45) is 5.80. The van der Waals surface area contributed by atoms with Crippen LogP contribution < -0.4 is 5.32 Å². The first-order valence-corrected chi connectivity index (χ1v) is 7.22. The van der Waals surface area contributed by atoms with Crippen molar-refractivity contribution >= 4 is 11.6 Å². The van der Waals surface area contributed by atoms with E-state index in [2.05, 4.69) is 10.3 Å². The Labute approximate surface area is 123 Å². The molecule has 1 atom stereocenters. The van der Waals surface area contributed by atoms with Crippen LogP contribution in [-0.2, 0) is 17.6 Å². The molecule has 1 unspecified atom stereocenters. The molecule has 1 aliphatic heterocycles. The fraction of sp³-hybridized carbons (Fsp3) is 0.294. The van der Waals surface area contributed by atoms with E-state index in [-0.39, 0.29) is 5.91 Å². The smallest absolute Gasteiger partial charge is 0.224 e. The number of rotatable bonds is 4. The Hall–Kier alpha value is -2.20. The van der Waals surface area contributed by atoms with Crippen LogP contribution in [0.15, 0.2) is 42.7 Å². The van der Waals surface area contributed by atoms with Gasteiger partial charge in [-0.3, -0.25) is 9.78 Å². The topological polar surface area (TPSA) is 62.2 Å². The summed E-state index contributed by atoms with van der Waals surface area (Å²) in [5.41, 5.74) is 4.01. The Morgan fingerprint density at radius 1 is 1.29 bits per heavy atom. The zero-order chi connectivity index (χ0) is 14.7. The fourth-order valence-corrected chi connectivity index (χ4v) is 2.63. The maximum Gasteiger partial charge on any atom is 0.224 e. The molecule has 1 aliphatic rings. The highest BCUT2D eigenvalue weighted by Crippen LogP contribution is 2.27. The second-order valence-corrected chi connectivity index (χ2v) is 5.38. The Morgan fingerprint density at radius 3 is 3.00 bits per heavy atom. The summed E-state index contributed by atoms with van der Waals surface area (Å²) in [7, 11) is 0. The van der Waals surface area contributed by atoms with Crippen LogP contribution in [-0.4, -0.2) is 16.0 Å². The number of nitrogens with one attached hydrogen (secondary N) is 1. The first kappa shape index (κ1) is 13.8. The van der Waals surface area contributed by atoms with Crippen LogP contribution in [0.5, 0.6) is 0 Å². The van der Waals surface area contributed by atoms with Crippen LogP contribution in [0.1, 0.15) is 35.6 Å². The van der Waals surface area contributed by atoms with Crippen molar-refractivity contribution in [3.05, 3.63) is 59.4 Å². The number of carbonyl (C=O) groups excluding carboxylic acids is 1. The van der Waals surface area contributed by atoms with E-state index in [1.54, 1.807) is 6.20 Å². The molecular formula is C17H18N2O2. The number of anilines is 1. The van der Waals surface area contributed by atoms with Crippen molar-refractivity contribution in [1.29, 1.82) is 0 Å². The number of amides is 1. The van der Waals surface area contributed by atoms with E-state index in [9.17, 15) is 9.90 Å². The molecule has 0 fully saturated rings. The molecule has 2 N–H and O–H groups in total. The third-order valence-corrected chi connectivity index (χ3v) is 3.84. The quantitative estimate of drug-likeness (QED) is 0.906. The molecule has 0 saturated carbocycles. The summed E-state index contributed by atoms with van der Waals surface area (Å²) in [4.78, 5) is 15.4. The van der Waals surface area contributed by atoms with Gasteiger partial charge in [-0.05, 0) is 48.1 Å². The predicted molar refractivity (Wildman–Crippen MR) is 80.9 cm³/mol. The van der Waals surface area contributed by atoms with Crippen molar-refractivity contribution in [2.75, 3.05) is 5.32 Å². The molecule has 0 saturated heterocycles. The minimum Gasteiger partial charge on any atom is -0.388 e. The van der Waals surface area contributed by atoms with Gasteiger partial charge in [0.25, 0.3) is 0 Å². The van der Waals surface area contributed by atoms with E-state index in [0.29, 0.717) is 12.8 Å². The monoisotopic (exact) mass is 282 g/mol. The lowest BCUT2D eigenvalue weighted by Crippen LogP contribution is -2.19. The van der Waals surface area contributed by atoms with Gasteiger partial charge in [-0.2, -0.15) is 0 Å². The van der Waals surface area contributed by atoms with Crippen molar-refractivity contribution in [3.63, 3.8) is 0 Å². The molecule has 2 aromatic rings. The van der Waals surface area contributed by atoms with Crippen LogP contribution >= 0.6 is 0 Å². The van der Waals surface area contributed by atoms with E-state index in [1.165, 1.54) is 0 Å². The number of nitrogens with zero attached hydrogens (tertiary/aromatic N) is 1. The number of hydrogen-bond donors (Lipinski definition) is 2. The highest BCUT2D eigenvalue weighted by atomic mass is 16.3. The maximum atomic E-state index is 11.3. The van der Waals surface area contributed by atoms with Gasteiger partial charge in [-0.1, -0.05) is 18.2 Å². The molecular weight excluding hydrogens is 264 g/mol. The van der Waals surface area contributed by atoms with Crippen molar-refractivity contribution in [2.24, 2.45) is 0 Å². The van der Waals surface area contributed by atoms with Crippen molar-refractivity contribution in [1.82, 2.24) is 4.98 Å². The van der Waals surface area contributed by atoms with E-state index >= 15 is 0 Å². The second kappa shape index (κ2) is 6.06. The maximum absolute atomic E-state index is 11.3. The van der Waals surface area contributed by atoms with Crippen molar-refractivity contribution in [3.8, 4) is 0 Å². The average Bonchev–Trinajstić information content (AvgIpc) is 2.53. The third-order valence-electron chi connectivity index (χ3n) is 3.84. The van der Waals surface area contributed by atoms with Crippen LogP contribution in [0.3, 0.4) is 0 Å². The summed E-state index contributed by atoms with van der Waals surface area (Å²) in [5, 5.41) is 13.2. The number of fused-ring (bicyclic) bond motifs is 1. The summed E-state index contributed by atoms with van der Waals surface area (Å²) in [6.45, 7) is 0. The van der Waals surface area contributed by atoms with Gasteiger partial charge in [0.15, 0.2) is 0 Å². The van der Waals surface area contributed by atoms with E-state index in [1.807, 2.05) is 36.5 Å². The molecule has 3 rings (SSSR count). The van der Waals surface area contributed by atoms with E-state index in [0.717, 1.165) is 35.2 Å². The number of aryl methyl sites for hydroxylation is 2. The number of hydrogen-bond acceptors (Lipinski definition) is 3. The van der Waals surface area contributed by atoms with Crippen molar-refractivity contribution in [2.45, 2.75) is 31.8 Å². The minimum atomic E-state index is -0.492. The van der Waals surface area contributed by atoms with Gasteiger partial charge >= 0.3 is 0 Å². The summed E-state index contributed by atoms with van der Waals surface area (Å²) < 4.78 is 0. The SMILES string of the molecule is O=C1CCc2cc(C(O)CCc3cccnc3)ccc2N1. The lowest BCUT2D eigenvalue weighted by molar-refractivity contribution is -0.116. The zero-order valence-corrected chi connectivity index (χ0v) is 11.7. The second-order valence-electron chi connectivity index (χ2n) is 5.38. The predicted octanol–water partition coefficient (Wildman–Crippen LogP) is 2.63. The molecule has 0 aliphatic carbocycles. The molecule has 0 bridgehead atoms. The Kier molecular flexibility index (Phi) is 3.97. The Morgan fingerprint density at radius 2 is 2.19 bits per heavy atom. The summed E-state index contributed by atoms with van der Waals surface area (Å²) >= 11 is 0. The van der Waals surface area contributed by atoms with E-state index < -0.39 is 6.10 Å². The first-order chi connectivity index (χ1) is 10.2. The first-order valence-electron chi connectivity index (χ1n) is 7.22. The van der Waals surface area contributed by atoms with Gasteiger partial charge < -0.3 is 10.4 Å². The fourth-order valence-electron chi connectivity index (χ4n) is 2.63. The van der Waals surface area contributed by atoms with Gasteiger partial charge in [-0.15, -0.1) is 0 Å². The average molecular weight is 282 g/mol.